The van der Waals surface area contributed by atoms with Crippen molar-refractivity contribution < 1.29 is 15.0 Å². The van der Waals surface area contributed by atoms with Gasteiger partial charge in [0.05, 0.1) is 5.69 Å². The highest BCUT2D eigenvalue weighted by molar-refractivity contribution is 5.94. The van der Waals surface area contributed by atoms with Crippen LogP contribution in [-0.2, 0) is 4.79 Å². The molecule has 0 saturated heterocycles. The number of nitrogens with zero attached hydrogens (tertiary/aromatic N) is 2. The van der Waals surface area contributed by atoms with Crippen molar-refractivity contribution >= 4 is 11.5 Å². The first-order valence-corrected chi connectivity index (χ1v) is 8.77. The molecule has 1 fully saturated rings. The lowest BCUT2D eigenvalue weighted by molar-refractivity contribution is -0.132. The number of allylic oxidation sites excluding steroid dienone is 1. The first-order valence-electron chi connectivity index (χ1n) is 8.77. The van der Waals surface area contributed by atoms with Gasteiger partial charge < -0.3 is 14.8 Å². The van der Waals surface area contributed by atoms with E-state index < -0.39 is 5.97 Å². The van der Waals surface area contributed by atoms with Gasteiger partial charge in [0.2, 0.25) is 0 Å². The van der Waals surface area contributed by atoms with Gasteiger partial charge in [-0.2, -0.15) is 0 Å². The highest BCUT2D eigenvalue weighted by atomic mass is 16.4. The molecule has 2 aromatic rings. The van der Waals surface area contributed by atoms with Gasteiger partial charge in [-0.15, -0.1) is 0 Å². The van der Waals surface area contributed by atoms with Crippen molar-refractivity contribution in [3.63, 3.8) is 0 Å². The van der Waals surface area contributed by atoms with Crippen LogP contribution in [0.15, 0.2) is 36.0 Å². The number of carbonyl (C=O) groups is 1. The molecule has 0 bridgehead atoms. The number of hydrogen-bond donors (Lipinski definition) is 2. The third kappa shape index (κ3) is 3.60. The van der Waals surface area contributed by atoms with Crippen LogP contribution in [0.25, 0.3) is 17.0 Å². The molecule has 132 valence electrons. The number of benzene rings is 1. The Kier molecular flexibility index (Phi) is 4.93. The van der Waals surface area contributed by atoms with Gasteiger partial charge in [-0.3, -0.25) is 0 Å². The smallest absolute Gasteiger partial charge is 0.331 e. The van der Waals surface area contributed by atoms with Crippen molar-refractivity contribution in [2.75, 3.05) is 0 Å². The quantitative estimate of drug-likeness (QED) is 0.795. The molecule has 2 N–H and O–H groups in total. The number of carboxylic acids is 1. The summed E-state index contributed by atoms with van der Waals surface area (Å²) in [5.74, 6) is 0.132. The second-order valence-electron chi connectivity index (χ2n) is 6.75. The summed E-state index contributed by atoms with van der Waals surface area (Å²) >= 11 is 0. The summed E-state index contributed by atoms with van der Waals surface area (Å²) in [7, 11) is 0. The van der Waals surface area contributed by atoms with Gasteiger partial charge in [-0.1, -0.05) is 19.3 Å². The van der Waals surface area contributed by atoms with Crippen molar-refractivity contribution in [3.8, 4) is 17.1 Å². The fourth-order valence-electron chi connectivity index (χ4n) is 3.39. The molecular formula is C20H24N2O3. The van der Waals surface area contributed by atoms with E-state index in [4.69, 9.17) is 4.98 Å². The summed E-state index contributed by atoms with van der Waals surface area (Å²) in [6.45, 7) is 3.41. The standard InChI is InChI=1S/C20H24N2O3/c1-13(14(2)20(24)25)18-12-22(16-6-4-3-5-7-16)19(21-18)15-8-10-17(23)11-9-15/h8-12,16,23H,3-7H2,1-2H3,(H,24,25). The normalized spacial score (nSPS) is 16.6. The fourth-order valence-corrected chi connectivity index (χ4v) is 3.39. The largest absolute Gasteiger partial charge is 0.508 e. The van der Waals surface area contributed by atoms with Crippen molar-refractivity contribution in [2.45, 2.75) is 52.0 Å². The average Bonchev–Trinajstić information content (AvgIpc) is 3.07. The zero-order valence-corrected chi connectivity index (χ0v) is 14.7. The summed E-state index contributed by atoms with van der Waals surface area (Å²) in [5, 5.41) is 18.8. The number of aromatic nitrogens is 2. The van der Waals surface area contributed by atoms with E-state index in [0.717, 1.165) is 24.2 Å². The van der Waals surface area contributed by atoms with Gasteiger partial charge >= 0.3 is 5.97 Å². The number of phenols is 1. The minimum absolute atomic E-state index is 0.220. The SMILES string of the molecule is CC(C(=O)O)=C(C)c1cn(C2CCCCC2)c(-c2ccc(O)cc2)n1. The number of phenolic OH excluding ortho intramolecular Hbond substituents is 1. The third-order valence-corrected chi connectivity index (χ3v) is 5.09. The molecule has 1 aliphatic carbocycles. The zero-order chi connectivity index (χ0) is 18.0. The highest BCUT2D eigenvalue weighted by Crippen LogP contribution is 2.34. The molecule has 0 amide bonds. The van der Waals surface area contributed by atoms with Gasteiger partial charge in [0.1, 0.15) is 11.6 Å². The van der Waals surface area contributed by atoms with E-state index in [1.807, 2.05) is 18.3 Å². The van der Waals surface area contributed by atoms with Crippen LogP contribution in [0.2, 0.25) is 0 Å². The maximum absolute atomic E-state index is 11.3. The predicted molar refractivity (Wildman–Crippen MR) is 97.4 cm³/mol. The molecule has 25 heavy (non-hydrogen) atoms. The molecule has 1 aromatic carbocycles. The lowest BCUT2D eigenvalue weighted by Crippen LogP contribution is -2.13. The molecule has 5 heteroatoms. The maximum Gasteiger partial charge on any atom is 0.331 e. The second-order valence-corrected chi connectivity index (χ2v) is 6.75. The van der Waals surface area contributed by atoms with E-state index in [9.17, 15) is 15.0 Å². The van der Waals surface area contributed by atoms with Crippen LogP contribution < -0.4 is 0 Å². The number of rotatable bonds is 4. The van der Waals surface area contributed by atoms with Crippen LogP contribution >= 0.6 is 0 Å². The Morgan fingerprint density at radius 3 is 2.36 bits per heavy atom. The van der Waals surface area contributed by atoms with Crippen LogP contribution in [0.4, 0.5) is 0 Å². The number of imidazole rings is 1. The molecule has 1 saturated carbocycles. The molecule has 3 rings (SSSR count). The van der Waals surface area contributed by atoms with Crippen LogP contribution in [0, 0.1) is 0 Å². The van der Waals surface area contributed by atoms with E-state index in [1.165, 1.54) is 19.3 Å². The van der Waals surface area contributed by atoms with Gasteiger partial charge in [0.25, 0.3) is 0 Å². The molecular weight excluding hydrogens is 316 g/mol. The van der Waals surface area contributed by atoms with E-state index >= 15 is 0 Å². The highest BCUT2D eigenvalue weighted by Gasteiger charge is 2.22. The number of hydrogen-bond acceptors (Lipinski definition) is 3. The summed E-state index contributed by atoms with van der Waals surface area (Å²) < 4.78 is 2.19. The molecule has 0 radical (unpaired) electrons. The van der Waals surface area contributed by atoms with E-state index in [2.05, 4.69) is 4.57 Å². The fraction of sp³-hybridized carbons (Fsp3) is 0.400. The van der Waals surface area contributed by atoms with E-state index in [1.54, 1.807) is 26.0 Å². The minimum Gasteiger partial charge on any atom is -0.508 e. The van der Waals surface area contributed by atoms with Crippen LogP contribution in [0.5, 0.6) is 5.75 Å². The minimum atomic E-state index is -0.920. The Hall–Kier alpha value is -2.56. The van der Waals surface area contributed by atoms with Crippen LogP contribution in [0.1, 0.15) is 57.7 Å². The monoisotopic (exact) mass is 340 g/mol. The topological polar surface area (TPSA) is 75.3 Å². The number of aromatic hydroxyl groups is 1. The summed E-state index contributed by atoms with van der Waals surface area (Å²) in [6.07, 6.45) is 7.89. The van der Waals surface area contributed by atoms with Gasteiger partial charge in [-0.05, 0) is 56.5 Å². The third-order valence-electron chi connectivity index (χ3n) is 5.09. The molecule has 5 nitrogen and oxygen atoms in total. The molecule has 1 aromatic heterocycles. The molecule has 1 aliphatic rings. The Morgan fingerprint density at radius 1 is 1.12 bits per heavy atom. The first kappa shape index (κ1) is 17.3. The maximum atomic E-state index is 11.3. The van der Waals surface area contributed by atoms with Crippen LogP contribution in [-0.4, -0.2) is 25.7 Å². The van der Waals surface area contributed by atoms with Crippen LogP contribution in [0.3, 0.4) is 0 Å². The molecule has 0 unspecified atom stereocenters. The van der Waals surface area contributed by atoms with Crippen molar-refractivity contribution in [1.29, 1.82) is 0 Å². The molecule has 0 aliphatic heterocycles. The Labute approximate surface area is 147 Å². The molecule has 0 spiro atoms. The summed E-state index contributed by atoms with van der Waals surface area (Å²) in [5.41, 5.74) is 2.62. The van der Waals surface area contributed by atoms with Gasteiger partial charge in [0.15, 0.2) is 0 Å². The Balaban J connectivity index is 2.09. The number of carboxylic acid groups (broad SMARTS) is 1. The Morgan fingerprint density at radius 2 is 1.76 bits per heavy atom. The Bertz CT molecular complexity index is 797. The zero-order valence-electron chi connectivity index (χ0n) is 14.7. The van der Waals surface area contributed by atoms with Crippen molar-refractivity contribution in [1.82, 2.24) is 9.55 Å². The van der Waals surface area contributed by atoms with Gasteiger partial charge in [0, 0.05) is 23.4 Å². The van der Waals surface area contributed by atoms with Crippen molar-refractivity contribution in [2.24, 2.45) is 0 Å². The van der Waals surface area contributed by atoms with Gasteiger partial charge in [-0.25, -0.2) is 9.78 Å². The molecule has 1 heterocycles. The van der Waals surface area contributed by atoms with Crippen molar-refractivity contribution in [3.05, 3.63) is 41.7 Å². The molecule has 0 atom stereocenters. The average molecular weight is 340 g/mol. The van der Waals surface area contributed by atoms with E-state index in [-0.39, 0.29) is 5.75 Å². The summed E-state index contributed by atoms with van der Waals surface area (Å²) in [6, 6.07) is 7.39. The lowest BCUT2D eigenvalue weighted by atomic mass is 9.95. The lowest BCUT2D eigenvalue weighted by Gasteiger charge is -2.24. The summed E-state index contributed by atoms with van der Waals surface area (Å²) in [4.78, 5) is 16.0. The number of aliphatic carboxylic acids is 1. The second kappa shape index (κ2) is 7.13. The first-order chi connectivity index (χ1) is 12.0. The predicted octanol–water partition coefficient (Wildman–Crippen LogP) is 4.64. The van der Waals surface area contributed by atoms with E-state index in [0.29, 0.717) is 22.9 Å².